The number of hydrogen-bond acceptors (Lipinski definition) is 6. The third-order valence-electron chi connectivity index (χ3n) is 4.87. The van der Waals surface area contributed by atoms with Crippen molar-refractivity contribution in [3.8, 4) is 11.4 Å². The van der Waals surface area contributed by atoms with Gasteiger partial charge >= 0.3 is 5.97 Å². The molecule has 11 heteroatoms. The van der Waals surface area contributed by atoms with E-state index in [2.05, 4.69) is 9.71 Å². The molecule has 0 bridgehead atoms. The number of hydrogen-bond donors (Lipinski definition) is 4. The molecular weight excluding hydrogens is 441 g/mol. The highest BCUT2D eigenvalue weighted by atomic mass is 32.2. The van der Waals surface area contributed by atoms with Gasteiger partial charge in [0, 0.05) is 17.8 Å². The van der Waals surface area contributed by atoms with Crippen molar-refractivity contribution in [2.45, 2.75) is 64.3 Å². The van der Waals surface area contributed by atoms with Crippen LogP contribution in [0.25, 0.3) is 11.4 Å². The maximum absolute atomic E-state index is 13.4. The van der Waals surface area contributed by atoms with Gasteiger partial charge in [-0.2, -0.15) is 0 Å². The Morgan fingerprint density at radius 2 is 1.81 bits per heavy atom. The zero-order valence-corrected chi connectivity index (χ0v) is 19.1. The molecule has 9 nitrogen and oxygen atoms in total. The third-order valence-corrected chi connectivity index (χ3v) is 5.54. The minimum absolute atomic E-state index is 0.0204. The molecule has 2 aromatic rings. The maximum Gasteiger partial charge on any atom is 0.305 e. The zero-order valence-electron chi connectivity index (χ0n) is 18.3. The third kappa shape index (κ3) is 7.66. The van der Waals surface area contributed by atoms with Crippen molar-refractivity contribution in [2.24, 2.45) is 0 Å². The van der Waals surface area contributed by atoms with E-state index in [1.54, 1.807) is 12.1 Å². The van der Waals surface area contributed by atoms with E-state index in [1.165, 1.54) is 12.1 Å². The Morgan fingerprint density at radius 1 is 1.19 bits per heavy atom. The number of carbonyl (C=O) groups is 1. The fourth-order valence-corrected chi connectivity index (χ4v) is 3.93. The van der Waals surface area contributed by atoms with Crippen molar-refractivity contribution in [1.29, 1.82) is 0 Å². The fraction of sp³-hybridized carbons (Fsp3) is 0.524. The number of rotatable bonds is 12. The molecule has 1 aromatic heterocycles. The molecule has 0 saturated carbocycles. The first-order chi connectivity index (χ1) is 14.9. The van der Waals surface area contributed by atoms with Gasteiger partial charge < -0.3 is 19.9 Å². The average Bonchev–Trinajstić information content (AvgIpc) is 3.03. The largest absolute Gasteiger partial charge is 0.481 e. The summed E-state index contributed by atoms with van der Waals surface area (Å²) >= 11 is 0. The summed E-state index contributed by atoms with van der Waals surface area (Å²) in [6, 6.07) is 5.74. The lowest BCUT2D eigenvalue weighted by atomic mass is 10.1. The summed E-state index contributed by atoms with van der Waals surface area (Å²) in [5, 5.41) is 28.9. The standard InChI is InChI=1S/C21H30FN3O6S/c1-13(2)20-18(12-23-32(3,30)31)24-21(14-4-6-15(22)7-5-14)25(20)9-8-16(26)10-17(27)11-19(28)29/h4-7,13,16-17,23,26-27H,8-12H2,1-3H3,(H,28,29)/t16-,17-/m1/s1. The SMILES string of the molecule is CC(C)c1c(CNS(C)(=O)=O)nc(-c2ccc(F)cc2)n1CC[C@@H](O)C[C@@H](O)CC(=O)O. The van der Waals surface area contributed by atoms with Gasteiger partial charge in [0.25, 0.3) is 0 Å². The summed E-state index contributed by atoms with van der Waals surface area (Å²) in [7, 11) is -3.45. The van der Waals surface area contributed by atoms with Crippen LogP contribution in [0.3, 0.4) is 0 Å². The van der Waals surface area contributed by atoms with E-state index in [0.29, 0.717) is 17.1 Å². The predicted octanol–water partition coefficient (Wildman–Crippen LogP) is 1.84. The van der Waals surface area contributed by atoms with E-state index in [-0.39, 0.29) is 31.8 Å². The smallest absolute Gasteiger partial charge is 0.305 e. The van der Waals surface area contributed by atoms with Gasteiger partial charge in [-0.05, 0) is 43.0 Å². The Kier molecular flexibility index (Phi) is 8.90. The highest BCUT2D eigenvalue weighted by molar-refractivity contribution is 7.88. The highest BCUT2D eigenvalue weighted by Crippen LogP contribution is 2.29. The van der Waals surface area contributed by atoms with Crippen LogP contribution in [0.1, 0.15) is 50.4 Å². The molecule has 178 valence electrons. The van der Waals surface area contributed by atoms with E-state index < -0.39 is 40.4 Å². The van der Waals surface area contributed by atoms with E-state index in [0.717, 1.165) is 11.9 Å². The van der Waals surface area contributed by atoms with Crippen LogP contribution in [0.4, 0.5) is 4.39 Å². The Labute approximate surface area is 187 Å². The fourth-order valence-electron chi connectivity index (χ4n) is 3.53. The molecule has 0 aliphatic rings. The van der Waals surface area contributed by atoms with Crippen LogP contribution in [0.5, 0.6) is 0 Å². The van der Waals surface area contributed by atoms with Gasteiger partial charge in [0.2, 0.25) is 10.0 Å². The van der Waals surface area contributed by atoms with Crippen molar-refractivity contribution >= 4 is 16.0 Å². The number of carboxylic acids is 1. The normalized spacial score (nSPS) is 14.0. The van der Waals surface area contributed by atoms with Gasteiger partial charge in [0.1, 0.15) is 11.6 Å². The summed E-state index contributed by atoms with van der Waals surface area (Å²) in [5.41, 5.74) is 1.91. The summed E-state index contributed by atoms with van der Waals surface area (Å²) < 4.78 is 40.9. The molecule has 0 fully saturated rings. The molecule has 0 spiro atoms. The number of carboxylic acid groups (broad SMARTS) is 1. The quantitative estimate of drug-likeness (QED) is 0.370. The zero-order chi connectivity index (χ0) is 24.1. The predicted molar refractivity (Wildman–Crippen MR) is 117 cm³/mol. The van der Waals surface area contributed by atoms with E-state index in [1.807, 2.05) is 18.4 Å². The van der Waals surface area contributed by atoms with Gasteiger partial charge in [0.05, 0.1) is 37.1 Å². The molecule has 2 atom stereocenters. The molecule has 1 aromatic carbocycles. The van der Waals surface area contributed by atoms with Crippen molar-refractivity contribution in [1.82, 2.24) is 14.3 Å². The number of benzene rings is 1. The average molecular weight is 472 g/mol. The first-order valence-electron chi connectivity index (χ1n) is 10.2. The molecule has 0 unspecified atom stereocenters. The molecule has 0 aliphatic heterocycles. The Hall–Kier alpha value is -2.34. The second kappa shape index (κ2) is 11.0. The minimum atomic E-state index is -3.45. The molecule has 1 heterocycles. The van der Waals surface area contributed by atoms with Gasteiger partial charge in [0.15, 0.2) is 0 Å². The number of halogens is 1. The molecular formula is C21H30FN3O6S. The summed E-state index contributed by atoms with van der Waals surface area (Å²) in [4.78, 5) is 15.3. The summed E-state index contributed by atoms with van der Waals surface area (Å²) in [5.74, 6) is -1.10. The lowest BCUT2D eigenvalue weighted by Gasteiger charge is -2.19. The highest BCUT2D eigenvalue weighted by Gasteiger charge is 2.23. The Bertz CT molecular complexity index is 1020. The molecule has 32 heavy (non-hydrogen) atoms. The van der Waals surface area contributed by atoms with Gasteiger partial charge in [-0.25, -0.2) is 22.5 Å². The van der Waals surface area contributed by atoms with Crippen LogP contribution in [0, 0.1) is 5.82 Å². The Balaban J connectivity index is 2.37. The maximum atomic E-state index is 13.4. The second-order valence-electron chi connectivity index (χ2n) is 8.10. The molecule has 0 saturated heterocycles. The van der Waals surface area contributed by atoms with E-state index >= 15 is 0 Å². The number of aromatic nitrogens is 2. The van der Waals surface area contributed by atoms with E-state index in [4.69, 9.17) is 5.11 Å². The number of nitrogens with one attached hydrogen (secondary N) is 1. The molecule has 0 radical (unpaired) electrons. The van der Waals surface area contributed by atoms with Gasteiger partial charge in [-0.15, -0.1) is 0 Å². The molecule has 2 rings (SSSR count). The van der Waals surface area contributed by atoms with Gasteiger partial charge in [-0.3, -0.25) is 4.79 Å². The first-order valence-corrected chi connectivity index (χ1v) is 12.1. The van der Waals surface area contributed by atoms with Crippen molar-refractivity contribution in [3.05, 3.63) is 41.5 Å². The summed E-state index contributed by atoms with van der Waals surface area (Å²) in [6.45, 7) is 4.12. The van der Waals surface area contributed by atoms with Crippen molar-refractivity contribution in [2.75, 3.05) is 6.26 Å². The second-order valence-corrected chi connectivity index (χ2v) is 9.94. The van der Waals surface area contributed by atoms with Crippen molar-refractivity contribution < 1.29 is 32.9 Å². The van der Waals surface area contributed by atoms with Crippen LogP contribution in [0.2, 0.25) is 0 Å². The summed E-state index contributed by atoms with van der Waals surface area (Å²) in [6.07, 6.45) is -1.40. The van der Waals surface area contributed by atoms with Crippen LogP contribution < -0.4 is 4.72 Å². The van der Waals surface area contributed by atoms with Crippen molar-refractivity contribution in [3.63, 3.8) is 0 Å². The Morgan fingerprint density at radius 3 is 2.34 bits per heavy atom. The lowest BCUT2D eigenvalue weighted by Crippen LogP contribution is -2.23. The van der Waals surface area contributed by atoms with Gasteiger partial charge in [-0.1, -0.05) is 13.8 Å². The van der Waals surface area contributed by atoms with Crippen LogP contribution in [-0.4, -0.2) is 57.7 Å². The van der Waals surface area contributed by atoms with Crippen LogP contribution in [-0.2, 0) is 27.9 Å². The minimum Gasteiger partial charge on any atom is -0.481 e. The van der Waals surface area contributed by atoms with E-state index in [9.17, 15) is 27.8 Å². The number of aliphatic carboxylic acids is 1. The molecule has 0 amide bonds. The lowest BCUT2D eigenvalue weighted by molar-refractivity contribution is -0.139. The monoisotopic (exact) mass is 471 g/mol. The number of aliphatic hydroxyl groups excluding tert-OH is 2. The first kappa shape index (κ1) is 25.9. The number of sulfonamides is 1. The number of imidazole rings is 1. The molecule has 0 aliphatic carbocycles. The number of nitrogens with zero attached hydrogens (tertiary/aromatic N) is 2. The van der Waals surface area contributed by atoms with Crippen LogP contribution in [0.15, 0.2) is 24.3 Å². The molecule has 4 N–H and O–H groups in total. The number of aliphatic hydroxyl groups is 2. The topological polar surface area (TPSA) is 142 Å². The van der Waals surface area contributed by atoms with Crippen LogP contribution >= 0.6 is 0 Å².